The molecule has 2 heterocycles. The van der Waals surface area contributed by atoms with Crippen molar-refractivity contribution in [2.24, 2.45) is 0 Å². The van der Waals surface area contributed by atoms with Gasteiger partial charge in [-0.3, -0.25) is 4.98 Å². The number of ether oxygens (including phenoxy) is 1. The van der Waals surface area contributed by atoms with Crippen molar-refractivity contribution in [3.05, 3.63) is 28.5 Å². The van der Waals surface area contributed by atoms with Crippen LogP contribution in [0.1, 0.15) is 25.1 Å². The van der Waals surface area contributed by atoms with E-state index in [1.807, 2.05) is 12.3 Å². The predicted molar refractivity (Wildman–Crippen MR) is 56.8 cm³/mol. The van der Waals surface area contributed by atoms with Crippen LogP contribution >= 0.6 is 11.6 Å². The molecule has 0 spiro atoms. The van der Waals surface area contributed by atoms with Crippen molar-refractivity contribution in [3.63, 3.8) is 0 Å². The van der Waals surface area contributed by atoms with Gasteiger partial charge in [-0.25, -0.2) is 0 Å². The average molecular weight is 212 g/mol. The molecule has 1 aliphatic rings. The summed E-state index contributed by atoms with van der Waals surface area (Å²) >= 11 is 6.11. The van der Waals surface area contributed by atoms with Crippen molar-refractivity contribution in [3.8, 4) is 0 Å². The minimum Gasteiger partial charge on any atom is -0.379 e. The number of nitrogens with zero attached hydrogens (tertiary/aromatic N) is 1. The van der Waals surface area contributed by atoms with Gasteiger partial charge in [0.1, 0.15) is 0 Å². The zero-order chi connectivity index (χ0) is 10.2. The largest absolute Gasteiger partial charge is 0.379 e. The average Bonchev–Trinajstić information content (AvgIpc) is 2.14. The molecule has 0 aromatic carbocycles. The molecule has 3 heteroatoms. The first-order chi connectivity index (χ1) is 6.65. The summed E-state index contributed by atoms with van der Waals surface area (Å²) in [5, 5.41) is 0.776. The van der Waals surface area contributed by atoms with Crippen LogP contribution in [-0.2, 0) is 16.6 Å². The fourth-order valence-corrected chi connectivity index (χ4v) is 1.93. The van der Waals surface area contributed by atoms with E-state index in [-0.39, 0.29) is 5.41 Å². The van der Waals surface area contributed by atoms with Crippen LogP contribution in [0.2, 0.25) is 5.02 Å². The molecule has 0 N–H and O–H groups in total. The number of pyridine rings is 1. The molecule has 0 amide bonds. The lowest BCUT2D eigenvalue weighted by molar-refractivity contribution is -0.0501. The molecule has 0 atom stereocenters. The number of hydrogen-bond acceptors (Lipinski definition) is 2. The van der Waals surface area contributed by atoms with Gasteiger partial charge in [-0.2, -0.15) is 0 Å². The summed E-state index contributed by atoms with van der Waals surface area (Å²) in [5.41, 5.74) is 2.29. The van der Waals surface area contributed by atoms with E-state index < -0.39 is 0 Å². The van der Waals surface area contributed by atoms with Crippen molar-refractivity contribution >= 4 is 11.6 Å². The molecular formula is C11H14ClNO. The Labute approximate surface area is 89.3 Å². The Morgan fingerprint density at radius 1 is 1.57 bits per heavy atom. The maximum atomic E-state index is 6.11. The van der Waals surface area contributed by atoms with Gasteiger partial charge in [0.05, 0.1) is 23.9 Å². The SMILES string of the molecule is CCc1ncc(C2(C)COC2)cc1Cl. The van der Waals surface area contributed by atoms with Crippen molar-refractivity contribution in [2.45, 2.75) is 25.7 Å². The molecule has 1 aromatic rings. The second-order valence-corrected chi connectivity index (χ2v) is 4.47. The molecule has 76 valence electrons. The lowest BCUT2D eigenvalue weighted by Crippen LogP contribution is -2.43. The van der Waals surface area contributed by atoms with E-state index in [4.69, 9.17) is 16.3 Å². The Kier molecular flexibility index (Phi) is 2.50. The molecule has 2 rings (SSSR count). The third-order valence-electron chi connectivity index (χ3n) is 2.79. The summed E-state index contributed by atoms with van der Waals surface area (Å²) in [6.45, 7) is 5.78. The lowest BCUT2D eigenvalue weighted by atomic mass is 9.82. The zero-order valence-electron chi connectivity index (χ0n) is 8.51. The van der Waals surface area contributed by atoms with E-state index in [0.717, 1.165) is 30.4 Å². The highest BCUT2D eigenvalue weighted by molar-refractivity contribution is 6.31. The molecule has 1 saturated heterocycles. The Morgan fingerprint density at radius 2 is 2.29 bits per heavy atom. The van der Waals surface area contributed by atoms with E-state index in [0.29, 0.717) is 0 Å². The van der Waals surface area contributed by atoms with Gasteiger partial charge >= 0.3 is 0 Å². The molecule has 0 saturated carbocycles. The highest BCUT2D eigenvalue weighted by Crippen LogP contribution is 2.33. The Morgan fingerprint density at radius 3 is 2.71 bits per heavy atom. The normalized spacial score (nSPS) is 19.1. The van der Waals surface area contributed by atoms with E-state index in [1.54, 1.807) is 0 Å². The Bertz CT molecular complexity index is 347. The standard InChI is InChI=1S/C11H14ClNO/c1-3-10-9(12)4-8(5-13-10)11(2)6-14-7-11/h4-5H,3,6-7H2,1-2H3. The topological polar surface area (TPSA) is 22.1 Å². The Balaban J connectivity index is 2.32. The molecule has 2 nitrogen and oxygen atoms in total. The van der Waals surface area contributed by atoms with E-state index >= 15 is 0 Å². The number of rotatable bonds is 2. The third kappa shape index (κ3) is 1.53. The smallest absolute Gasteiger partial charge is 0.0624 e. The van der Waals surface area contributed by atoms with Gasteiger partial charge in [0, 0.05) is 11.6 Å². The molecule has 0 bridgehead atoms. The molecule has 1 aromatic heterocycles. The van der Waals surface area contributed by atoms with Crippen LogP contribution in [-0.4, -0.2) is 18.2 Å². The van der Waals surface area contributed by atoms with Gasteiger partial charge in [-0.1, -0.05) is 25.4 Å². The maximum Gasteiger partial charge on any atom is 0.0624 e. The summed E-state index contributed by atoms with van der Waals surface area (Å²) in [4.78, 5) is 4.36. The van der Waals surface area contributed by atoms with Crippen molar-refractivity contribution in [2.75, 3.05) is 13.2 Å². The number of halogens is 1. The van der Waals surface area contributed by atoms with Crippen molar-refractivity contribution < 1.29 is 4.74 Å². The first-order valence-corrected chi connectivity index (χ1v) is 5.26. The monoisotopic (exact) mass is 211 g/mol. The summed E-state index contributed by atoms with van der Waals surface area (Å²) in [7, 11) is 0. The minimum atomic E-state index is 0.128. The predicted octanol–water partition coefficient (Wildman–Crippen LogP) is 2.59. The fourth-order valence-electron chi connectivity index (χ4n) is 1.63. The van der Waals surface area contributed by atoms with Crippen LogP contribution in [0.4, 0.5) is 0 Å². The van der Waals surface area contributed by atoms with Crippen LogP contribution in [0, 0.1) is 0 Å². The van der Waals surface area contributed by atoms with Crippen molar-refractivity contribution in [1.29, 1.82) is 0 Å². The summed E-state index contributed by atoms with van der Waals surface area (Å²) in [5.74, 6) is 0. The third-order valence-corrected chi connectivity index (χ3v) is 3.12. The van der Waals surface area contributed by atoms with Crippen LogP contribution in [0.5, 0.6) is 0 Å². The molecular weight excluding hydrogens is 198 g/mol. The highest BCUT2D eigenvalue weighted by atomic mass is 35.5. The van der Waals surface area contributed by atoms with Crippen molar-refractivity contribution in [1.82, 2.24) is 4.98 Å². The second-order valence-electron chi connectivity index (χ2n) is 4.06. The van der Waals surface area contributed by atoms with Gasteiger partial charge in [-0.15, -0.1) is 0 Å². The van der Waals surface area contributed by atoms with E-state index in [2.05, 4.69) is 18.8 Å². The molecule has 0 aliphatic carbocycles. The molecule has 1 aliphatic heterocycles. The number of aromatic nitrogens is 1. The number of aryl methyl sites for hydroxylation is 1. The molecule has 1 fully saturated rings. The van der Waals surface area contributed by atoms with Crippen LogP contribution in [0.25, 0.3) is 0 Å². The van der Waals surface area contributed by atoms with Gasteiger partial charge in [-0.05, 0) is 18.1 Å². The van der Waals surface area contributed by atoms with Gasteiger partial charge in [0.15, 0.2) is 0 Å². The van der Waals surface area contributed by atoms with Crippen LogP contribution in [0.3, 0.4) is 0 Å². The first-order valence-electron chi connectivity index (χ1n) is 4.88. The number of hydrogen-bond donors (Lipinski definition) is 0. The summed E-state index contributed by atoms with van der Waals surface area (Å²) < 4.78 is 5.22. The first kappa shape index (κ1) is 9.94. The zero-order valence-corrected chi connectivity index (χ0v) is 9.27. The molecule has 0 radical (unpaired) electrons. The Hall–Kier alpha value is -0.600. The van der Waals surface area contributed by atoms with Gasteiger partial charge in [0.2, 0.25) is 0 Å². The van der Waals surface area contributed by atoms with Gasteiger partial charge < -0.3 is 4.74 Å². The quantitative estimate of drug-likeness (QED) is 0.750. The van der Waals surface area contributed by atoms with E-state index in [9.17, 15) is 0 Å². The van der Waals surface area contributed by atoms with Crippen LogP contribution in [0.15, 0.2) is 12.3 Å². The van der Waals surface area contributed by atoms with E-state index in [1.165, 1.54) is 5.56 Å². The summed E-state index contributed by atoms with van der Waals surface area (Å²) in [6.07, 6.45) is 2.81. The highest BCUT2D eigenvalue weighted by Gasteiger charge is 2.35. The summed E-state index contributed by atoms with van der Waals surface area (Å²) in [6, 6.07) is 2.02. The fraction of sp³-hybridized carbons (Fsp3) is 0.545. The lowest BCUT2D eigenvalue weighted by Gasteiger charge is -2.38. The maximum absolute atomic E-state index is 6.11. The second kappa shape index (κ2) is 3.52. The molecule has 0 unspecified atom stereocenters. The minimum absolute atomic E-state index is 0.128. The van der Waals surface area contributed by atoms with Gasteiger partial charge in [0.25, 0.3) is 0 Å². The van der Waals surface area contributed by atoms with Crippen LogP contribution < -0.4 is 0 Å². The molecule has 14 heavy (non-hydrogen) atoms.